The van der Waals surface area contributed by atoms with Gasteiger partial charge >= 0.3 is 5.97 Å². The van der Waals surface area contributed by atoms with Gasteiger partial charge in [0.05, 0.1) is 33.8 Å². The van der Waals surface area contributed by atoms with Crippen LogP contribution in [-0.2, 0) is 19.6 Å². The van der Waals surface area contributed by atoms with Crippen LogP contribution in [0.5, 0.6) is 0 Å². The first-order valence-corrected chi connectivity index (χ1v) is 12.9. The minimum Gasteiger partial charge on any atom is -0.481 e. The van der Waals surface area contributed by atoms with Crippen molar-refractivity contribution < 1.29 is 23.1 Å². The van der Waals surface area contributed by atoms with Gasteiger partial charge in [-0.1, -0.05) is 41.4 Å². The predicted octanol–water partition coefficient (Wildman–Crippen LogP) is 4.27. The number of nitrogens with one attached hydrogen (secondary N) is 1. The van der Waals surface area contributed by atoms with Crippen LogP contribution >= 0.6 is 23.2 Å². The summed E-state index contributed by atoms with van der Waals surface area (Å²) in [6, 6.07) is 15.2. The average Bonchev–Trinajstić information content (AvgIpc) is 2.79. The molecule has 0 aliphatic heterocycles. The van der Waals surface area contributed by atoms with E-state index in [0.717, 1.165) is 0 Å². The van der Waals surface area contributed by atoms with Crippen LogP contribution in [0, 0.1) is 0 Å². The number of halogens is 2. The molecule has 0 bridgehead atoms. The number of nitrogens with two attached hydrogens (primary N) is 2. The lowest BCUT2D eigenvalue weighted by Crippen LogP contribution is -2.34. The molecule has 0 saturated heterocycles. The summed E-state index contributed by atoms with van der Waals surface area (Å²) in [5.74, 6) is -1.88. The highest BCUT2D eigenvalue weighted by Gasteiger charge is 2.29. The monoisotopic (exact) mass is 563 g/mol. The second-order valence-electron chi connectivity index (χ2n) is 7.86. The Morgan fingerprint density at radius 1 is 1.05 bits per heavy atom. The number of rotatable bonds is 9. The van der Waals surface area contributed by atoms with Gasteiger partial charge in [0.15, 0.2) is 5.96 Å². The van der Waals surface area contributed by atoms with E-state index in [1.165, 1.54) is 66.4 Å². The Bertz CT molecular complexity index is 1480. The van der Waals surface area contributed by atoms with E-state index in [1.807, 2.05) is 0 Å². The molecule has 0 spiro atoms. The molecule has 3 rings (SSSR count). The number of hydrogen-bond donors (Lipinski definition) is 4. The van der Waals surface area contributed by atoms with Gasteiger partial charge in [0.2, 0.25) is 5.91 Å². The number of nitrogens with zero attached hydrogens (tertiary/aromatic N) is 2. The molecule has 0 fully saturated rings. The second kappa shape index (κ2) is 11.5. The van der Waals surface area contributed by atoms with E-state index in [4.69, 9.17) is 34.7 Å². The van der Waals surface area contributed by atoms with Crippen molar-refractivity contribution >= 4 is 68.1 Å². The van der Waals surface area contributed by atoms with Crippen molar-refractivity contribution in [1.29, 1.82) is 0 Å². The van der Waals surface area contributed by atoms with Crippen LogP contribution < -0.4 is 21.1 Å². The molecule has 10 nitrogen and oxygen atoms in total. The number of sulfonamides is 1. The van der Waals surface area contributed by atoms with Crippen LogP contribution in [0.1, 0.15) is 24.9 Å². The van der Waals surface area contributed by atoms with E-state index in [2.05, 4.69) is 9.71 Å². The van der Waals surface area contributed by atoms with Gasteiger partial charge in [0, 0.05) is 17.6 Å². The quantitative estimate of drug-likeness (QED) is 0.222. The summed E-state index contributed by atoms with van der Waals surface area (Å²) in [5, 5.41) is 10.1. The number of aliphatic carboxylic acids is 1. The van der Waals surface area contributed by atoms with Crippen LogP contribution in [0.15, 0.2) is 76.6 Å². The number of carboxylic acids is 1. The number of aliphatic imine (C=N–C) groups is 1. The molecule has 0 aliphatic carbocycles. The third-order valence-corrected chi connectivity index (χ3v) is 7.01. The molecule has 0 radical (unpaired) electrons. The molecular weight excluding hydrogens is 541 g/mol. The summed E-state index contributed by atoms with van der Waals surface area (Å²) in [6.45, 7) is 1.27. The molecule has 3 aromatic rings. The minimum atomic E-state index is -4.07. The van der Waals surface area contributed by atoms with Crippen molar-refractivity contribution in [2.45, 2.75) is 24.3 Å². The molecule has 0 heterocycles. The Morgan fingerprint density at radius 3 is 2.38 bits per heavy atom. The van der Waals surface area contributed by atoms with Gasteiger partial charge in [0.1, 0.15) is 0 Å². The maximum Gasteiger partial charge on any atom is 0.305 e. The van der Waals surface area contributed by atoms with Crippen molar-refractivity contribution in [3.63, 3.8) is 0 Å². The normalized spacial score (nSPS) is 11.9. The van der Waals surface area contributed by atoms with Crippen molar-refractivity contribution in [3.8, 4) is 0 Å². The molecule has 0 saturated carbocycles. The van der Waals surface area contributed by atoms with E-state index in [9.17, 15) is 23.1 Å². The van der Waals surface area contributed by atoms with Crippen molar-refractivity contribution in [2.75, 3.05) is 9.62 Å². The predicted molar refractivity (Wildman–Crippen MR) is 144 cm³/mol. The lowest BCUT2D eigenvalue weighted by Gasteiger charge is -2.31. The highest BCUT2D eigenvalue weighted by Crippen LogP contribution is 2.37. The van der Waals surface area contributed by atoms with E-state index in [0.29, 0.717) is 10.6 Å². The zero-order valence-corrected chi connectivity index (χ0v) is 21.8. The van der Waals surface area contributed by atoms with Crippen molar-refractivity contribution in [3.05, 3.63) is 82.3 Å². The van der Waals surface area contributed by atoms with E-state index in [1.54, 1.807) is 12.1 Å². The highest BCUT2D eigenvalue weighted by molar-refractivity contribution is 7.92. The van der Waals surface area contributed by atoms with Crippen LogP contribution in [0.2, 0.25) is 10.0 Å². The fourth-order valence-electron chi connectivity index (χ4n) is 3.65. The first kappa shape index (κ1) is 27.8. The number of carboxylic acid groups (broad SMARTS) is 1. The number of amides is 1. The highest BCUT2D eigenvalue weighted by atomic mass is 35.5. The van der Waals surface area contributed by atoms with E-state index < -0.39 is 34.4 Å². The van der Waals surface area contributed by atoms with Crippen LogP contribution in [-0.4, -0.2) is 31.4 Å². The molecule has 3 aromatic carbocycles. The van der Waals surface area contributed by atoms with Gasteiger partial charge in [-0.25, -0.2) is 13.4 Å². The standard InChI is InChI=1S/C24H23Cl2N5O5S/c1-14(32)31(21-9-8-16(25)11-20(21)26)22(13-23(33)34)15-4-2-6-18(10-15)30-37(35,36)19-7-3-5-17(12-19)29-24(27)28/h2-12,22,30H,13H2,1H3,(H,33,34)(H4,27,28,29). The first-order chi connectivity index (χ1) is 17.4. The summed E-state index contributed by atoms with van der Waals surface area (Å²) >= 11 is 12.3. The van der Waals surface area contributed by atoms with E-state index >= 15 is 0 Å². The molecule has 13 heteroatoms. The molecule has 0 aliphatic rings. The molecule has 0 aromatic heterocycles. The second-order valence-corrected chi connectivity index (χ2v) is 10.4. The number of guanidine groups is 1. The van der Waals surface area contributed by atoms with Crippen molar-refractivity contribution in [1.82, 2.24) is 0 Å². The fourth-order valence-corrected chi connectivity index (χ4v) is 5.24. The molecule has 194 valence electrons. The molecule has 1 amide bonds. The lowest BCUT2D eigenvalue weighted by molar-refractivity contribution is -0.137. The minimum absolute atomic E-state index is 0.0965. The third-order valence-electron chi connectivity index (χ3n) is 5.10. The Hall–Kier alpha value is -3.80. The topological polar surface area (TPSA) is 168 Å². The number of carbonyl (C=O) groups is 2. The maximum absolute atomic E-state index is 13.0. The Morgan fingerprint density at radius 2 is 1.76 bits per heavy atom. The molecular formula is C24H23Cl2N5O5S. The van der Waals surface area contributed by atoms with Gasteiger partial charge in [-0.15, -0.1) is 0 Å². The third kappa shape index (κ3) is 7.13. The van der Waals surface area contributed by atoms with Gasteiger partial charge in [-0.2, -0.15) is 0 Å². The zero-order chi connectivity index (χ0) is 27.3. The zero-order valence-electron chi connectivity index (χ0n) is 19.4. The molecule has 1 unspecified atom stereocenters. The SMILES string of the molecule is CC(=O)N(c1ccc(Cl)cc1Cl)C(CC(=O)O)c1cccc(NS(=O)(=O)c2cccc(N=C(N)N)c2)c1. The summed E-state index contributed by atoms with van der Waals surface area (Å²) in [5.41, 5.74) is 11.7. The Balaban J connectivity index is 2.02. The van der Waals surface area contributed by atoms with Gasteiger partial charge in [-0.05, 0) is 54.1 Å². The number of carbonyl (C=O) groups excluding carboxylic acids is 1. The molecule has 37 heavy (non-hydrogen) atoms. The Kier molecular flexibility index (Phi) is 8.64. The largest absolute Gasteiger partial charge is 0.481 e. The average molecular weight is 564 g/mol. The van der Waals surface area contributed by atoms with E-state index in [-0.39, 0.29) is 32.9 Å². The van der Waals surface area contributed by atoms with Crippen LogP contribution in [0.4, 0.5) is 17.1 Å². The maximum atomic E-state index is 13.0. The van der Waals surface area contributed by atoms with Gasteiger partial charge in [0.25, 0.3) is 10.0 Å². The first-order valence-electron chi connectivity index (χ1n) is 10.7. The van der Waals surface area contributed by atoms with Crippen LogP contribution in [0.25, 0.3) is 0 Å². The number of anilines is 2. The summed E-state index contributed by atoms with van der Waals surface area (Å²) < 4.78 is 28.5. The smallest absolute Gasteiger partial charge is 0.305 e. The van der Waals surface area contributed by atoms with Crippen molar-refractivity contribution in [2.24, 2.45) is 16.5 Å². The number of hydrogen-bond acceptors (Lipinski definition) is 5. The molecule has 1 atom stereocenters. The molecule has 6 N–H and O–H groups in total. The summed E-state index contributed by atoms with van der Waals surface area (Å²) in [6.07, 6.45) is -0.477. The Labute approximate surface area is 223 Å². The van der Waals surface area contributed by atoms with Crippen LogP contribution in [0.3, 0.4) is 0 Å². The lowest BCUT2D eigenvalue weighted by atomic mass is 10.00. The fraction of sp³-hybridized carbons (Fsp3) is 0.125. The summed E-state index contributed by atoms with van der Waals surface area (Å²) in [7, 11) is -4.07. The van der Waals surface area contributed by atoms with Gasteiger partial charge < -0.3 is 21.5 Å². The summed E-state index contributed by atoms with van der Waals surface area (Å²) in [4.78, 5) is 29.4. The number of benzene rings is 3. The van der Waals surface area contributed by atoms with Gasteiger partial charge in [-0.3, -0.25) is 14.3 Å².